The van der Waals surface area contributed by atoms with Crippen LogP contribution in [-0.4, -0.2) is 57.9 Å². The molecule has 0 atom stereocenters. The second kappa shape index (κ2) is 9.34. The molecule has 0 unspecified atom stereocenters. The highest BCUT2D eigenvalue weighted by Crippen LogP contribution is 2.29. The summed E-state index contributed by atoms with van der Waals surface area (Å²) in [6.45, 7) is 1.18. The Hall–Kier alpha value is -3.59. The molecule has 0 saturated carbocycles. The monoisotopic (exact) mass is 484 g/mol. The zero-order valence-electron chi connectivity index (χ0n) is 18.4. The van der Waals surface area contributed by atoms with Crippen LogP contribution in [0.15, 0.2) is 65.6 Å². The van der Waals surface area contributed by atoms with E-state index in [2.05, 4.69) is 0 Å². The number of hydrogen-bond acceptors (Lipinski definition) is 5. The summed E-state index contributed by atoms with van der Waals surface area (Å²) in [7, 11) is -3.52. The summed E-state index contributed by atoms with van der Waals surface area (Å²) in [5.74, 6) is -2.19. The summed E-state index contributed by atoms with van der Waals surface area (Å²) in [5.41, 5.74) is 1.35. The third-order valence-electron chi connectivity index (χ3n) is 5.85. The maximum absolute atomic E-state index is 14.0. The SMILES string of the molecule is CS(=O)(=O)c1ccc(-c2ccccc2)c(C(=O)N2CCN(c3cc(F)c(C=O)c(F)c3)CC2)c1. The number of amides is 1. The van der Waals surface area contributed by atoms with E-state index >= 15 is 0 Å². The van der Waals surface area contributed by atoms with E-state index in [1.165, 1.54) is 12.1 Å². The van der Waals surface area contributed by atoms with Crippen molar-refractivity contribution in [2.24, 2.45) is 0 Å². The van der Waals surface area contributed by atoms with Gasteiger partial charge in [0, 0.05) is 43.7 Å². The van der Waals surface area contributed by atoms with Gasteiger partial charge in [0.1, 0.15) is 11.6 Å². The first-order valence-corrected chi connectivity index (χ1v) is 12.5. The van der Waals surface area contributed by atoms with Crippen molar-refractivity contribution in [2.45, 2.75) is 4.90 Å². The summed E-state index contributed by atoms with van der Waals surface area (Å²) in [5, 5.41) is 0. The maximum atomic E-state index is 14.0. The number of sulfone groups is 1. The van der Waals surface area contributed by atoms with Crippen LogP contribution in [0.1, 0.15) is 20.7 Å². The molecule has 3 aromatic rings. The number of carbonyl (C=O) groups is 2. The molecule has 1 amide bonds. The van der Waals surface area contributed by atoms with Crippen LogP contribution >= 0.6 is 0 Å². The van der Waals surface area contributed by atoms with Crippen LogP contribution < -0.4 is 4.90 Å². The molecule has 1 aliphatic rings. The van der Waals surface area contributed by atoms with Crippen molar-refractivity contribution in [3.05, 3.63) is 83.4 Å². The van der Waals surface area contributed by atoms with Gasteiger partial charge < -0.3 is 9.80 Å². The number of anilines is 1. The molecule has 176 valence electrons. The largest absolute Gasteiger partial charge is 0.368 e. The highest BCUT2D eigenvalue weighted by Gasteiger charge is 2.26. The molecule has 3 aromatic carbocycles. The minimum absolute atomic E-state index is 0.0513. The first-order valence-electron chi connectivity index (χ1n) is 10.6. The molecular formula is C25H22F2N2O4S. The zero-order valence-corrected chi connectivity index (χ0v) is 19.2. The molecule has 9 heteroatoms. The number of aldehydes is 1. The van der Waals surface area contributed by atoms with Crippen LogP contribution in [0, 0.1) is 11.6 Å². The third-order valence-corrected chi connectivity index (χ3v) is 6.96. The number of nitrogens with zero attached hydrogens (tertiary/aromatic N) is 2. The Bertz CT molecular complexity index is 1330. The van der Waals surface area contributed by atoms with Crippen molar-refractivity contribution < 1.29 is 26.8 Å². The maximum Gasteiger partial charge on any atom is 0.254 e. The molecule has 1 fully saturated rings. The lowest BCUT2D eigenvalue weighted by Gasteiger charge is -2.36. The minimum Gasteiger partial charge on any atom is -0.368 e. The number of hydrogen-bond donors (Lipinski definition) is 0. The van der Waals surface area contributed by atoms with Gasteiger partial charge >= 0.3 is 0 Å². The van der Waals surface area contributed by atoms with Crippen LogP contribution in [0.3, 0.4) is 0 Å². The molecular weight excluding hydrogens is 462 g/mol. The third kappa shape index (κ3) is 4.70. The van der Waals surface area contributed by atoms with Crippen molar-refractivity contribution in [1.29, 1.82) is 0 Å². The molecule has 6 nitrogen and oxygen atoms in total. The van der Waals surface area contributed by atoms with Crippen molar-refractivity contribution >= 4 is 27.7 Å². The summed E-state index contributed by atoms with van der Waals surface area (Å²) < 4.78 is 52.3. The summed E-state index contributed by atoms with van der Waals surface area (Å²) in [6.07, 6.45) is 1.23. The smallest absolute Gasteiger partial charge is 0.254 e. The van der Waals surface area contributed by atoms with Gasteiger partial charge in [0.2, 0.25) is 0 Å². The molecule has 0 spiro atoms. The van der Waals surface area contributed by atoms with Gasteiger partial charge in [-0.05, 0) is 35.4 Å². The van der Waals surface area contributed by atoms with Gasteiger partial charge in [0.05, 0.1) is 10.5 Å². The van der Waals surface area contributed by atoms with Gasteiger partial charge in [0.25, 0.3) is 5.91 Å². The Morgan fingerprint density at radius 3 is 2.09 bits per heavy atom. The lowest BCUT2D eigenvalue weighted by atomic mass is 9.98. The molecule has 0 N–H and O–H groups in total. The van der Waals surface area contributed by atoms with E-state index in [9.17, 15) is 26.8 Å². The number of piperazine rings is 1. The number of benzene rings is 3. The van der Waals surface area contributed by atoms with E-state index in [4.69, 9.17) is 0 Å². The quantitative estimate of drug-likeness (QED) is 0.515. The van der Waals surface area contributed by atoms with Crippen molar-refractivity contribution in [3.63, 3.8) is 0 Å². The number of rotatable bonds is 5. The van der Waals surface area contributed by atoms with E-state index in [1.54, 1.807) is 15.9 Å². The average molecular weight is 485 g/mol. The fraction of sp³-hybridized carbons (Fsp3) is 0.200. The van der Waals surface area contributed by atoms with Crippen LogP contribution in [-0.2, 0) is 9.84 Å². The van der Waals surface area contributed by atoms with Crippen LogP contribution in [0.25, 0.3) is 11.1 Å². The average Bonchev–Trinajstić information content (AvgIpc) is 2.83. The van der Waals surface area contributed by atoms with E-state index in [0.717, 1.165) is 24.0 Å². The standard InChI is InChI=1S/C25H22F2N2O4S/c1-34(32,33)19-7-8-20(17-5-3-2-4-6-17)21(15-19)25(31)29-11-9-28(10-12-29)18-13-23(26)22(16-30)24(27)14-18/h2-8,13-16H,9-12H2,1H3. The van der Waals surface area contributed by atoms with Gasteiger partial charge in [0.15, 0.2) is 16.1 Å². The lowest BCUT2D eigenvalue weighted by molar-refractivity contribution is 0.0747. The van der Waals surface area contributed by atoms with E-state index < -0.39 is 27.0 Å². The molecule has 0 radical (unpaired) electrons. The fourth-order valence-corrected chi connectivity index (χ4v) is 4.65. The molecule has 4 rings (SSSR count). The molecule has 1 aliphatic heterocycles. The van der Waals surface area contributed by atoms with Crippen LogP contribution in [0.2, 0.25) is 0 Å². The Balaban J connectivity index is 1.60. The molecule has 0 bridgehead atoms. The van der Waals surface area contributed by atoms with Crippen LogP contribution in [0.4, 0.5) is 14.5 Å². The van der Waals surface area contributed by atoms with E-state index in [1.807, 2.05) is 30.3 Å². The summed E-state index contributed by atoms with van der Waals surface area (Å²) in [4.78, 5) is 27.7. The minimum atomic E-state index is -3.52. The Morgan fingerprint density at radius 2 is 1.53 bits per heavy atom. The highest BCUT2D eigenvalue weighted by molar-refractivity contribution is 7.90. The van der Waals surface area contributed by atoms with E-state index in [-0.39, 0.29) is 41.4 Å². The molecule has 0 aliphatic carbocycles. The van der Waals surface area contributed by atoms with Gasteiger partial charge in [-0.15, -0.1) is 0 Å². The Morgan fingerprint density at radius 1 is 0.912 bits per heavy atom. The Labute approximate surface area is 196 Å². The molecule has 0 aromatic heterocycles. The van der Waals surface area contributed by atoms with Crippen molar-refractivity contribution in [2.75, 3.05) is 37.3 Å². The van der Waals surface area contributed by atoms with Gasteiger partial charge in [-0.1, -0.05) is 36.4 Å². The highest BCUT2D eigenvalue weighted by atomic mass is 32.2. The second-order valence-electron chi connectivity index (χ2n) is 8.07. The normalized spacial score (nSPS) is 14.2. The van der Waals surface area contributed by atoms with Gasteiger partial charge in [-0.3, -0.25) is 9.59 Å². The number of carbonyl (C=O) groups excluding carboxylic acids is 2. The predicted molar refractivity (Wildman–Crippen MR) is 125 cm³/mol. The fourth-order valence-electron chi connectivity index (χ4n) is 4.00. The summed E-state index contributed by atoms with van der Waals surface area (Å²) in [6, 6.07) is 15.9. The predicted octanol–water partition coefficient (Wildman–Crippen LogP) is 3.81. The van der Waals surface area contributed by atoms with E-state index in [0.29, 0.717) is 18.7 Å². The van der Waals surface area contributed by atoms with Crippen LogP contribution in [0.5, 0.6) is 0 Å². The first-order chi connectivity index (χ1) is 16.2. The van der Waals surface area contributed by atoms with Crippen molar-refractivity contribution in [3.8, 4) is 11.1 Å². The molecule has 1 saturated heterocycles. The topological polar surface area (TPSA) is 74.8 Å². The van der Waals surface area contributed by atoms with Gasteiger partial charge in [-0.25, -0.2) is 17.2 Å². The molecule has 1 heterocycles. The summed E-state index contributed by atoms with van der Waals surface area (Å²) >= 11 is 0. The zero-order chi connectivity index (χ0) is 24.5. The number of halogens is 2. The second-order valence-corrected chi connectivity index (χ2v) is 10.1. The Kier molecular flexibility index (Phi) is 6.47. The van der Waals surface area contributed by atoms with Crippen molar-refractivity contribution in [1.82, 2.24) is 4.90 Å². The molecule has 34 heavy (non-hydrogen) atoms. The van der Waals surface area contributed by atoms with Gasteiger partial charge in [-0.2, -0.15) is 0 Å². The first kappa shape index (κ1) is 23.6. The lowest BCUT2D eigenvalue weighted by Crippen LogP contribution is -2.49.